The molecular formula is C13H18O6P2. The van der Waals surface area contributed by atoms with E-state index in [0.29, 0.717) is 0 Å². The van der Waals surface area contributed by atoms with Crippen LogP contribution < -0.4 is 10.6 Å². The molecule has 0 aliphatic carbocycles. The zero-order valence-electron chi connectivity index (χ0n) is 10.3. The number of hydrogen-bond donors (Lipinski definition) is 4. The monoisotopic (exact) mass is 332 g/mol. The molecule has 0 saturated carbocycles. The lowest BCUT2D eigenvalue weighted by Gasteiger charge is -2.00. The molecule has 4 N–H and O–H groups in total. The van der Waals surface area contributed by atoms with Gasteiger partial charge in [0.1, 0.15) is 0 Å². The van der Waals surface area contributed by atoms with Gasteiger partial charge in [-0.2, -0.15) is 0 Å². The van der Waals surface area contributed by atoms with E-state index in [4.69, 9.17) is 19.6 Å². The Kier molecular flexibility index (Phi) is 7.75. The average Bonchev–Trinajstić information content (AvgIpc) is 2.40. The minimum atomic E-state index is -4.02. The van der Waals surface area contributed by atoms with Gasteiger partial charge in [0, 0.05) is 0 Å². The predicted molar refractivity (Wildman–Crippen MR) is 83.0 cm³/mol. The predicted octanol–water partition coefficient (Wildman–Crippen LogP) is 1.62. The third-order valence-corrected chi connectivity index (χ3v) is 4.13. The third-order valence-electron chi connectivity index (χ3n) is 2.19. The van der Waals surface area contributed by atoms with E-state index in [1.54, 1.807) is 36.4 Å². The summed E-state index contributed by atoms with van der Waals surface area (Å²) in [7, 11) is -8.04. The third kappa shape index (κ3) is 7.34. The number of rotatable bonds is 2. The maximum atomic E-state index is 10.5. The Morgan fingerprint density at radius 3 is 0.952 bits per heavy atom. The van der Waals surface area contributed by atoms with Crippen LogP contribution in [0.4, 0.5) is 0 Å². The van der Waals surface area contributed by atoms with Gasteiger partial charge in [-0.05, 0) is 24.3 Å². The van der Waals surface area contributed by atoms with Crippen molar-refractivity contribution in [2.45, 2.75) is 7.43 Å². The Morgan fingerprint density at radius 2 is 0.810 bits per heavy atom. The van der Waals surface area contributed by atoms with E-state index in [2.05, 4.69) is 0 Å². The first-order valence-electron chi connectivity index (χ1n) is 5.43. The van der Waals surface area contributed by atoms with Gasteiger partial charge in [-0.15, -0.1) is 0 Å². The topological polar surface area (TPSA) is 115 Å². The average molecular weight is 332 g/mol. The molecule has 0 heterocycles. The summed E-state index contributed by atoms with van der Waals surface area (Å²) in [5.41, 5.74) is 0. The van der Waals surface area contributed by atoms with Crippen molar-refractivity contribution in [2.24, 2.45) is 0 Å². The largest absolute Gasteiger partial charge is 0.356 e. The van der Waals surface area contributed by atoms with E-state index in [-0.39, 0.29) is 18.0 Å². The molecule has 8 heteroatoms. The Hall–Kier alpha value is -1.26. The van der Waals surface area contributed by atoms with Gasteiger partial charge >= 0.3 is 15.2 Å². The van der Waals surface area contributed by atoms with Crippen molar-refractivity contribution >= 4 is 25.8 Å². The van der Waals surface area contributed by atoms with Gasteiger partial charge in [0.2, 0.25) is 0 Å². The first-order valence-corrected chi connectivity index (χ1v) is 8.66. The fraction of sp³-hybridized carbons (Fsp3) is 0.0769. The van der Waals surface area contributed by atoms with Crippen molar-refractivity contribution in [3.8, 4) is 0 Å². The molecule has 21 heavy (non-hydrogen) atoms. The van der Waals surface area contributed by atoms with Gasteiger partial charge in [-0.1, -0.05) is 43.8 Å². The molecule has 0 aromatic heterocycles. The molecule has 2 rings (SSSR count). The Balaban J connectivity index is 0.000000364. The summed E-state index contributed by atoms with van der Waals surface area (Å²) in [5.74, 6) is 0. The first kappa shape index (κ1) is 19.7. The van der Waals surface area contributed by atoms with Gasteiger partial charge in [-0.25, -0.2) is 0 Å². The van der Waals surface area contributed by atoms with E-state index >= 15 is 0 Å². The molecule has 0 radical (unpaired) electrons. The molecule has 2 aromatic carbocycles. The van der Waals surface area contributed by atoms with Crippen LogP contribution in [0.15, 0.2) is 60.7 Å². The fourth-order valence-corrected chi connectivity index (χ4v) is 2.37. The van der Waals surface area contributed by atoms with Gasteiger partial charge in [0.25, 0.3) is 0 Å². The highest BCUT2D eigenvalue weighted by Crippen LogP contribution is 2.32. The van der Waals surface area contributed by atoms with E-state index in [9.17, 15) is 9.13 Å². The highest BCUT2D eigenvalue weighted by molar-refractivity contribution is 7.60. The fourth-order valence-electron chi connectivity index (χ4n) is 1.24. The van der Waals surface area contributed by atoms with Crippen LogP contribution in [0.5, 0.6) is 0 Å². The lowest BCUT2D eigenvalue weighted by molar-refractivity contribution is 0.385. The second-order valence-corrected chi connectivity index (χ2v) is 6.97. The lowest BCUT2D eigenvalue weighted by atomic mass is 10.4. The van der Waals surface area contributed by atoms with Crippen LogP contribution in [0, 0.1) is 0 Å². The highest BCUT2D eigenvalue weighted by Gasteiger charge is 2.15. The lowest BCUT2D eigenvalue weighted by Crippen LogP contribution is -2.01. The molecule has 0 fully saturated rings. The molecule has 6 nitrogen and oxygen atoms in total. The normalized spacial score (nSPS) is 10.9. The Morgan fingerprint density at radius 1 is 0.571 bits per heavy atom. The smallest absolute Gasteiger partial charge is 0.321 e. The first-order chi connectivity index (χ1) is 9.21. The summed E-state index contributed by atoms with van der Waals surface area (Å²) in [4.78, 5) is 34.4. The molecule has 0 amide bonds. The SMILES string of the molecule is C.O=P(O)(O)c1ccccc1.O=P(O)(O)c1ccccc1. The maximum absolute atomic E-state index is 10.5. The zero-order valence-corrected chi connectivity index (χ0v) is 12.1. The van der Waals surface area contributed by atoms with Crippen molar-refractivity contribution in [3.05, 3.63) is 60.7 Å². The van der Waals surface area contributed by atoms with Crippen molar-refractivity contribution in [2.75, 3.05) is 0 Å². The summed E-state index contributed by atoms with van der Waals surface area (Å²) in [6.45, 7) is 0. The second kappa shape index (κ2) is 8.25. The number of benzene rings is 2. The van der Waals surface area contributed by atoms with Crippen LogP contribution in [0.1, 0.15) is 7.43 Å². The zero-order chi connectivity index (χ0) is 15.2. The summed E-state index contributed by atoms with van der Waals surface area (Å²) < 4.78 is 21.1. The molecule has 0 saturated heterocycles. The second-order valence-electron chi connectivity index (χ2n) is 3.76. The van der Waals surface area contributed by atoms with E-state index in [1.807, 2.05) is 0 Å². The van der Waals surface area contributed by atoms with E-state index < -0.39 is 15.2 Å². The summed E-state index contributed by atoms with van der Waals surface area (Å²) in [5, 5.41) is 0.130. The molecule has 0 atom stereocenters. The Labute approximate surface area is 123 Å². The van der Waals surface area contributed by atoms with Gasteiger partial charge in [0.15, 0.2) is 0 Å². The van der Waals surface area contributed by atoms with Crippen molar-refractivity contribution in [1.82, 2.24) is 0 Å². The summed E-state index contributed by atoms with van der Waals surface area (Å²) >= 11 is 0. The van der Waals surface area contributed by atoms with Crippen molar-refractivity contribution in [1.29, 1.82) is 0 Å². The van der Waals surface area contributed by atoms with Gasteiger partial charge < -0.3 is 19.6 Å². The molecule has 0 aliphatic rings. The molecule has 0 bridgehead atoms. The van der Waals surface area contributed by atoms with Crippen LogP contribution in [-0.2, 0) is 9.13 Å². The van der Waals surface area contributed by atoms with Crippen LogP contribution in [0.25, 0.3) is 0 Å². The van der Waals surface area contributed by atoms with Crippen molar-refractivity contribution < 1.29 is 28.7 Å². The maximum Gasteiger partial charge on any atom is 0.356 e. The molecule has 116 valence electrons. The molecule has 0 spiro atoms. The Bertz CT molecular complexity index is 560. The number of hydrogen-bond acceptors (Lipinski definition) is 2. The van der Waals surface area contributed by atoms with E-state index in [0.717, 1.165) is 0 Å². The molecule has 2 aromatic rings. The van der Waals surface area contributed by atoms with E-state index in [1.165, 1.54) is 24.3 Å². The minimum absolute atomic E-state index is 0. The van der Waals surface area contributed by atoms with Gasteiger partial charge in [-0.3, -0.25) is 9.13 Å². The summed E-state index contributed by atoms with van der Waals surface area (Å²) in [6.07, 6.45) is 0. The van der Waals surface area contributed by atoms with Crippen molar-refractivity contribution in [3.63, 3.8) is 0 Å². The van der Waals surface area contributed by atoms with Gasteiger partial charge in [0.05, 0.1) is 10.6 Å². The molecule has 0 unspecified atom stereocenters. The molecule has 0 aliphatic heterocycles. The highest BCUT2D eigenvalue weighted by atomic mass is 31.2. The molecular weight excluding hydrogens is 314 g/mol. The van der Waals surface area contributed by atoms with Crippen LogP contribution in [0.2, 0.25) is 0 Å². The minimum Gasteiger partial charge on any atom is -0.321 e. The standard InChI is InChI=1S/2C6H7O3P.CH4/c2*7-10(8,9)6-4-2-1-3-5-6;/h2*1-5H,(H2,7,8,9);1H4. The van der Waals surface area contributed by atoms with Crippen LogP contribution in [0.3, 0.4) is 0 Å². The summed E-state index contributed by atoms with van der Waals surface area (Å²) in [6, 6.07) is 15.4. The quantitative estimate of drug-likeness (QED) is 0.621. The van der Waals surface area contributed by atoms with Crippen LogP contribution in [-0.4, -0.2) is 19.6 Å². The van der Waals surface area contributed by atoms with Crippen LogP contribution >= 0.6 is 15.2 Å².